The van der Waals surface area contributed by atoms with Gasteiger partial charge in [-0.2, -0.15) is 13.2 Å². The molecule has 5 nitrogen and oxygen atoms in total. The van der Waals surface area contributed by atoms with Crippen molar-refractivity contribution in [3.8, 4) is 0 Å². The SMILES string of the molecule is CN1C(=O)C(C)(CNC(=O)c2ccc(C(F)(F)F)cc2)c2nc3ccccc3c3cccc1c23. The third-order valence-electron chi connectivity index (χ3n) is 6.44. The Balaban J connectivity index is 1.55. The number of benzene rings is 3. The van der Waals surface area contributed by atoms with Gasteiger partial charge in [0.05, 0.1) is 22.5 Å². The van der Waals surface area contributed by atoms with Crippen molar-refractivity contribution in [2.75, 3.05) is 18.5 Å². The second kappa shape index (κ2) is 7.55. The Morgan fingerprint density at radius 3 is 2.38 bits per heavy atom. The summed E-state index contributed by atoms with van der Waals surface area (Å²) in [7, 11) is 1.69. The molecule has 1 atom stereocenters. The number of fused-ring (bicyclic) bond motifs is 2. The Hall–Kier alpha value is -3.94. The highest BCUT2D eigenvalue weighted by Gasteiger charge is 2.45. The van der Waals surface area contributed by atoms with E-state index in [0.29, 0.717) is 5.69 Å². The van der Waals surface area contributed by atoms with Crippen LogP contribution in [0, 0.1) is 0 Å². The number of hydrogen-bond donors (Lipinski definition) is 1. The largest absolute Gasteiger partial charge is 0.416 e. The van der Waals surface area contributed by atoms with E-state index >= 15 is 0 Å². The number of pyridine rings is 1. The van der Waals surface area contributed by atoms with Gasteiger partial charge in [-0.1, -0.05) is 30.3 Å². The molecule has 0 aliphatic carbocycles. The molecule has 8 heteroatoms. The van der Waals surface area contributed by atoms with E-state index in [1.54, 1.807) is 18.9 Å². The highest BCUT2D eigenvalue weighted by atomic mass is 19.4. The molecule has 1 N–H and O–H groups in total. The molecule has 1 aromatic heterocycles. The number of nitrogens with one attached hydrogen (secondary N) is 1. The quantitative estimate of drug-likeness (QED) is 0.432. The second-order valence-electron chi connectivity index (χ2n) is 8.63. The molecule has 0 fully saturated rings. The van der Waals surface area contributed by atoms with E-state index in [-0.39, 0.29) is 18.0 Å². The monoisotopic (exact) mass is 463 g/mol. The molecule has 1 aliphatic heterocycles. The van der Waals surface area contributed by atoms with Gasteiger partial charge in [-0.15, -0.1) is 0 Å². The molecular weight excluding hydrogens is 443 g/mol. The lowest BCUT2D eigenvalue weighted by Crippen LogP contribution is -2.53. The molecule has 1 aliphatic rings. The number of amides is 2. The van der Waals surface area contributed by atoms with Crippen molar-refractivity contribution >= 4 is 39.2 Å². The van der Waals surface area contributed by atoms with Crippen LogP contribution >= 0.6 is 0 Å². The van der Waals surface area contributed by atoms with Crippen molar-refractivity contribution in [2.45, 2.75) is 18.5 Å². The van der Waals surface area contributed by atoms with Gasteiger partial charge in [0, 0.05) is 29.9 Å². The van der Waals surface area contributed by atoms with Crippen LogP contribution in [0.15, 0.2) is 66.7 Å². The molecule has 0 saturated heterocycles. The summed E-state index contributed by atoms with van der Waals surface area (Å²) in [5, 5.41) is 5.49. The average molecular weight is 463 g/mol. The topological polar surface area (TPSA) is 62.3 Å². The normalized spacial score (nSPS) is 17.9. The van der Waals surface area contributed by atoms with Gasteiger partial charge in [-0.05, 0) is 48.7 Å². The molecule has 5 rings (SSSR count). The first-order valence-corrected chi connectivity index (χ1v) is 10.7. The molecule has 2 amide bonds. The molecule has 3 aromatic carbocycles. The van der Waals surface area contributed by atoms with Gasteiger partial charge < -0.3 is 10.2 Å². The van der Waals surface area contributed by atoms with Crippen LogP contribution in [0.2, 0.25) is 0 Å². The molecule has 0 spiro atoms. The number of para-hydroxylation sites is 1. The minimum atomic E-state index is -4.48. The summed E-state index contributed by atoms with van der Waals surface area (Å²) in [6, 6.07) is 17.4. The van der Waals surface area contributed by atoms with Crippen molar-refractivity contribution < 1.29 is 22.8 Å². The zero-order chi connectivity index (χ0) is 24.3. The summed E-state index contributed by atoms with van der Waals surface area (Å²) >= 11 is 0. The number of carbonyl (C=O) groups excluding carboxylic acids is 2. The Bertz CT molecular complexity index is 1460. The second-order valence-corrected chi connectivity index (χ2v) is 8.63. The molecule has 172 valence electrons. The van der Waals surface area contributed by atoms with E-state index in [1.807, 2.05) is 42.5 Å². The van der Waals surface area contributed by atoms with Crippen LogP contribution in [0.4, 0.5) is 18.9 Å². The average Bonchev–Trinajstić information content (AvgIpc) is 2.84. The molecule has 1 unspecified atom stereocenters. The van der Waals surface area contributed by atoms with Crippen LogP contribution < -0.4 is 10.2 Å². The fraction of sp³-hybridized carbons (Fsp3) is 0.192. The van der Waals surface area contributed by atoms with Gasteiger partial charge >= 0.3 is 6.18 Å². The van der Waals surface area contributed by atoms with E-state index in [2.05, 4.69) is 5.32 Å². The summed E-state index contributed by atoms with van der Waals surface area (Å²) in [5.41, 5.74) is 0.104. The smallest absolute Gasteiger partial charge is 0.351 e. The van der Waals surface area contributed by atoms with E-state index < -0.39 is 23.1 Å². The first kappa shape index (κ1) is 21.9. The Labute approximate surface area is 193 Å². The van der Waals surface area contributed by atoms with E-state index in [4.69, 9.17) is 4.98 Å². The predicted octanol–water partition coefficient (Wildman–Crippen LogP) is 5.07. The number of carbonyl (C=O) groups is 2. The summed E-state index contributed by atoms with van der Waals surface area (Å²) in [6.45, 7) is 1.66. The minimum Gasteiger partial charge on any atom is -0.351 e. The molecule has 0 saturated carbocycles. The number of hydrogen-bond acceptors (Lipinski definition) is 3. The highest BCUT2D eigenvalue weighted by Crippen LogP contribution is 2.43. The first-order valence-electron chi connectivity index (χ1n) is 10.7. The fourth-order valence-electron chi connectivity index (χ4n) is 4.58. The number of likely N-dealkylation sites (N-methyl/N-ethyl adjacent to an activating group) is 1. The van der Waals surface area contributed by atoms with Crippen molar-refractivity contribution in [3.05, 3.63) is 83.6 Å². The maximum atomic E-state index is 13.5. The number of anilines is 1. The van der Waals surface area contributed by atoms with Gasteiger partial charge in [0.2, 0.25) is 5.91 Å². The van der Waals surface area contributed by atoms with Gasteiger partial charge in [-0.3, -0.25) is 14.6 Å². The number of nitrogens with zero attached hydrogens (tertiary/aromatic N) is 2. The zero-order valence-electron chi connectivity index (χ0n) is 18.4. The summed E-state index contributed by atoms with van der Waals surface area (Å²) in [4.78, 5) is 32.6. The third kappa shape index (κ3) is 3.29. The number of alkyl halides is 3. The minimum absolute atomic E-state index is 0.0647. The van der Waals surface area contributed by atoms with Crippen LogP contribution in [0.5, 0.6) is 0 Å². The van der Waals surface area contributed by atoms with Crippen molar-refractivity contribution in [1.82, 2.24) is 10.3 Å². The Morgan fingerprint density at radius 1 is 1.00 bits per heavy atom. The van der Waals surface area contributed by atoms with Crippen LogP contribution in [-0.4, -0.2) is 30.4 Å². The zero-order valence-corrected chi connectivity index (χ0v) is 18.4. The van der Waals surface area contributed by atoms with E-state index in [0.717, 1.165) is 51.6 Å². The first-order chi connectivity index (χ1) is 16.1. The maximum absolute atomic E-state index is 13.5. The van der Waals surface area contributed by atoms with Crippen LogP contribution in [0.1, 0.15) is 28.5 Å². The molecule has 34 heavy (non-hydrogen) atoms. The van der Waals surface area contributed by atoms with Crippen molar-refractivity contribution in [2.24, 2.45) is 0 Å². The lowest BCUT2D eigenvalue weighted by Gasteiger charge is -2.38. The molecule has 0 radical (unpaired) electrons. The maximum Gasteiger partial charge on any atom is 0.416 e. The Morgan fingerprint density at radius 2 is 1.68 bits per heavy atom. The van der Waals surface area contributed by atoms with Crippen molar-refractivity contribution in [3.63, 3.8) is 0 Å². The van der Waals surface area contributed by atoms with Crippen LogP contribution in [-0.2, 0) is 16.4 Å². The molecular formula is C26H20F3N3O2. The number of aromatic nitrogens is 1. The van der Waals surface area contributed by atoms with Gasteiger partial charge in [-0.25, -0.2) is 0 Å². The van der Waals surface area contributed by atoms with Crippen LogP contribution in [0.25, 0.3) is 21.7 Å². The number of halogens is 3. The standard InChI is InChI=1S/C26H20F3N3O2/c1-25(14-30-23(33)15-10-12-16(13-11-15)26(27,28)29)22-21-18(17-6-3-4-8-19(17)31-22)7-5-9-20(21)32(2)24(25)34/h3-13H,14H2,1-2H3,(H,30,33). The van der Waals surface area contributed by atoms with E-state index in [9.17, 15) is 22.8 Å². The molecule has 4 aromatic rings. The fourth-order valence-corrected chi connectivity index (χ4v) is 4.58. The predicted molar refractivity (Wildman–Crippen MR) is 124 cm³/mol. The third-order valence-corrected chi connectivity index (χ3v) is 6.44. The lowest BCUT2D eigenvalue weighted by molar-refractivity contribution is -0.137. The van der Waals surface area contributed by atoms with E-state index in [1.165, 1.54) is 0 Å². The van der Waals surface area contributed by atoms with Gasteiger partial charge in [0.1, 0.15) is 5.41 Å². The molecule has 2 heterocycles. The molecule has 0 bridgehead atoms. The highest BCUT2D eigenvalue weighted by molar-refractivity contribution is 6.19. The lowest BCUT2D eigenvalue weighted by atomic mass is 9.78. The summed E-state index contributed by atoms with van der Waals surface area (Å²) in [6.07, 6.45) is -4.48. The van der Waals surface area contributed by atoms with Gasteiger partial charge in [0.25, 0.3) is 5.91 Å². The van der Waals surface area contributed by atoms with Crippen LogP contribution in [0.3, 0.4) is 0 Å². The summed E-state index contributed by atoms with van der Waals surface area (Å²) < 4.78 is 38.5. The Kier molecular flexibility index (Phi) is 4.86. The number of rotatable bonds is 3. The summed E-state index contributed by atoms with van der Waals surface area (Å²) in [5.74, 6) is -0.802. The van der Waals surface area contributed by atoms with Gasteiger partial charge in [0.15, 0.2) is 0 Å². The van der Waals surface area contributed by atoms with Crippen molar-refractivity contribution in [1.29, 1.82) is 0 Å².